The van der Waals surface area contributed by atoms with Crippen LogP contribution in [0.25, 0.3) is 0 Å². The van der Waals surface area contributed by atoms with Gasteiger partial charge in [-0.05, 0) is 37.0 Å². The van der Waals surface area contributed by atoms with Crippen molar-refractivity contribution in [1.29, 1.82) is 0 Å². The Bertz CT molecular complexity index is 567. The van der Waals surface area contributed by atoms with E-state index in [1.165, 1.54) is 6.07 Å². The molecule has 1 atom stereocenters. The molecule has 1 aromatic carbocycles. The number of sulfonamides is 1. The van der Waals surface area contributed by atoms with Gasteiger partial charge in [-0.2, -0.15) is 11.8 Å². The zero-order chi connectivity index (χ0) is 15.3. The molecule has 0 radical (unpaired) electrons. The maximum atomic E-state index is 13.8. The lowest BCUT2D eigenvalue weighted by Gasteiger charge is -2.15. The monoisotopic (exact) mass is 340 g/mol. The first-order valence-corrected chi connectivity index (χ1v) is 9.14. The molecule has 1 unspecified atom stereocenters. The van der Waals surface area contributed by atoms with E-state index >= 15 is 0 Å². The SMILES string of the molecule is CCSCCC(C)NS(=O)(=O)c1cc(N)cc(Cl)c1F. The fourth-order valence-electron chi connectivity index (χ4n) is 1.57. The number of hydrogen-bond acceptors (Lipinski definition) is 4. The van der Waals surface area contributed by atoms with Gasteiger partial charge in [0, 0.05) is 11.7 Å². The Balaban J connectivity index is 2.89. The number of nitrogens with one attached hydrogen (secondary N) is 1. The highest BCUT2D eigenvalue weighted by Gasteiger charge is 2.23. The first-order valence-electron chi connectivity index (χ1n) is 6.12. The Morgan fingerprint density at radius 2 is 2.15 bits per heavy atom. The quantitative estimate of drug-likeness (QED) is 0.591. The number of nitrogen functional groups attached to an aromatic ring is 1. The first-order chi connectivity index (χ1) is 9.27. The van der Waals surface area contributed by atoms with Gasteiger partial charge in [0.1, 0.15) is 4.90 Å². The molecule has 8 heteroatoms. The molecule has 0 saturated heterocycles. The highest BCUT2D eigenvalue weighted by atomic mass is 35.5. The molecule has 0 bridgehead atoms. The first kappa shape index (κ1) is 17.6. The highest BCUT2D eigenvalue weighted by Crippen LogP contribution is 2.25. The molecular weight excluding hydrogens is 323 g/mol. The average molecular weight is 341 g/mol. The second-order valence-electron chi connectivity index (χ2n) is 4.32. The van der Waals surface area contributed by atoms with Crippen molar-refractivity contribution in [3.8, 4) is 0 Å². The van der Waals surface area contributed by atoms with Crippen molar-refractivity contribution >= 4 is 39.1 Å². The molecule has 0 saturated carbocycles. The molecule has 0 heterocycles. The van der Waals surface area contributed by atoms with Crippen molar-refractivity contribution in [3.05, 3.63) is 23.0 Å². The number of benzene rings is 1. The zero-order valence-electron chi connectivity index (χ0n) is 11.3. The van der Waals surface area contributed by atoms with E-state index in [0.717, 1.165) is 17.6 Å². The molecule has 0 amide bonds. The van der Waals surface area contributed by atoms with Crippen molar-refractivity contribution in [2.75, 3.05) is 17.2 Å². The summed E-state index contributed by atoms with van der Waals surface area (Å²) in [5.41, 5.74) is 5.61. The van der Waals surface area contributed by atoms with Gasteiger partial charge < -0.3 is 5.73 Å². The fourth-order valence-corrected chi connectivity index (χ4v) is 4.08. The number of thioether (sulfide) groups is 1. The largest absolute Gasteiger partial charge is 0.399 e. The van der Waals surface area contributed by atoms with Crippen LogP contribution in [0.3, 0.4) is 0 Å². The van der Waals surface area contributed by atoms with Gasteiger partial charge in [0.05, 0.1) is 5.02 Å². The standard InChI is InChI=1S/C12H18ClFN2O2S2/c1-3-19-5-4-8(2)16-20(17,18)11-7-9(15)6-10(13)12(11)14/h6-8,16H,3-5,15H2,1-2H3. The Labute approximate surface area is 128 Å². The van der Waals surface area contributed by atoms with Crippen LogP contribution in [0, 0.1) is 5.82 Å². The molecular formula is C12H18ClFN2O2S2. The van der Waals surface area contributed by atoms with Crippen molar-refractivity contribution in [2.24, 2.45) is 0 Å². The lowest BCUT2D eigenvalue weighted by Crippen LogP contribution is -2.33. The molecule has 0 aliphatic heterocycles. The summed E-state index contributed by atoms with van der Waals surface area (Å²) in [6.07, 6.45) is 0.662. The summed E-state index contributed by atoms with van der Waals surface area (Å²) < 4.78 is 40.5. The highest BCUT2D eigenvalue weighted by molar-refractivity contribution is 7.99. The summed E-state index contributed by atoms with van der Waals surface area (Å²) in [5, 5.41) is -0.306. The topological polar surface area (TPSA) is 72.2 Å². The summed E-state index contributed by atoms with van der Waals surface area (Å²) in [7, 11) is -3.97. The summed E-state index contributed by atoms with van der Waals surface area (Å²) in [6, 6.07) is 1.95. The molecule has 0 fully saturated rings. The van der Waals surface area contributed by atoms with Gasteiger partial charge in [-0.15, -0.1) is 0 Å². The van der Waals surface area contributed by atoms with E-state index in [2.05, 4.69) is 4.72 Å². The second kappa shape index (κ2) is 7.49. The Hall–Kier alpha value is -0.500. The molecule has 1 rings (SSSR count). The molecule has 4 nitrogen and oxygen atoms in total. The molecule has 0 spiro atoms. The molecule has 0 aliphatic rings. The van der Waals surface area contributed by atoms with E-state index in [1.54, 1.807) is 18.7 Å². The van der Waals surface area contributed by atoms with E-state index in [1.807, 2.05) is 6.92 Å². The summed E-state index contributed by atoms with van der Waals surface area (Å²) in [5.74, 6) is 0.822. The van der Waals surface area contributed by atoms with Gasteiger partial charge in [0.25, 0.3) is 0 Å². The molecule has 1 aromatic rings. The lowest BCUT2D eigenvalue weighted by molar-refractivity contribution is 0.540. The van der Waals surface area contributed by atoms with E-state index in [-0.39, 0.29) is 16.8 Å². The minimum absolute atomic E-state index is 0.103. The van der Waals surface area contributed by atoms with Crippen molar-refractivity contribution < 1.29 is 12.8 Å². The Morgan fingerprint density at radius 1 is 1.50 bits per heavy atom. The van der Waals surface area contributed by atoms with E-state index < -0.39 is 20.7 Å². The van der Waals surface area contributed by atoms with Crippen LogP contribution in [0.5, 0.6) is 0 Å². The number of halogens is 2. The maximum absolute atomic E-state index is 13.8. The van der Waals surface area contributed by atoms with Crippen LogP contribution in [0.1, 0.15) is 20.3 Å². The van der Waals surface area contributed by atoms with Gasteiger partial charge in [0.2, 0.25) is 10.0 Å². The van der Waals surface area contributed by atoms with Crippen molar-refractivity contribution in [1.82, 2.24) is 4.72 Å². The third kappa shape index (κ3) is 4.80. The second-order valence-corrected chi connectivity index (χ2v) is 7.81. The number of anilines is 1. The minimum atomic E-state index is -3.97. The van der Waals surface area contributed by atoms with Crippen molar-refractivity contribution in [2.45, 2.75) is 31.2 Å². The average Bonchev–Trinajstić information content (AvgIpc) is 2.33. The van der Waals surface area contributed by atoms with Crippen LogP contribution < -0.4 is 10.5 Å². The summed E-state index contributed by atoms with van der Waals surface area (Å²) in [4.78, 5) is -0.516. The molecule has 114 valence electrons. The molecule has 0 aromatic heterocycles. The van der Waals surface area contributed by atoms with E-state index in [9.17, 15) is 12.8 Å². The summed E-state index contributed by atoms with van der Waals surface area (Å²) in [6.45, 7) is 3.77. The van der Waals surface area contributed by atoms with Gasteiger partial charge in [-0.25, -0.2) is 17.5 Å². The maximum Gasteiger partial charge on any atom is 0.243 e. The predicted molar refractivity (Wildman–Crippen MR) is 83.2 cm³/mol. The van der Waals surface area contributed by atoms with Gasteiger partial charge in [-0.3, -0.25) is 0 Å². The summed E-state index contributed by atoms with van der Waals surface area (Å²) >= 11 is 7.33. The lowest BCUT2D eigenvalue weighted by atomic mass is 10.3. The smallest absolute Gasteiger partial charge is 0.243 e. The van der Waals surface area contributed by atoms with Gasteiger partial charge in [0.15, 0.2) is 5.82 Å². The fraction of sp³-hybridized carbons (Fsp3) is 0.500. The van der Waals surface area contributed by atoms with E-state index in [4.69, 9.17) is 17.3 Å². The van der Waals surface area contributed by atoms with Crippen LogP contribution in [0.2, 0.25) is 5.02 Å². The molecule has 0 aliphatic carbocycles. The van der Waals surface area contributed by atoms with Crippen LogP contribution in [-0.4, -0.2) is 26.0 Å². The normalized spacial score (nSPS) is 13.4. The van der Waals surface area contributed by atoms with Gasteiger partial charge in [-0.1, -0.05) is 18.5 Å². The minimum Gasteiger partial charge on any atom is -0.399 e. The van der Waals surface area contributed by atoms with Gasteiger partial charge >= 0.3 is 0 Å². The van der Waals surface area contributed by atoms with Crippen LogP contribution >= 0.6 is 23.4 Å². The van der Waals surface area contributed by atoms with E-state index in [0.29, 0.717) is 6.42 Å². The third-order valence-electron chi connectivity index (χ3n) is 2.56. The third-order valence-corrected chi connectivity index (χ3v) is 5.36. The Morgan fingerprint density at radius 3 is 2.75 bits per heavy atom. The van der Waals surface area contributed by atoms with Crippen LogP contribution in [-0.2, 0) is 10.0 Å². The van der Waals surface area contributed by atoms with Crippen LogP contribution in [0.15, 0.2) is 17.0 Å². The van der Waals surface area contributed by atoms with Crippen molar-refractivity contribution in [3.63, 3.8) is 0 Å². The zero-order valence-corrected chi connectivity index (χ0v) is 13.7. The van der Waals surface area contributed by atoms with Crippen LogP contribution in [0.4, 0.5) is 10.1 Å². The number of rotatable bonds is 7. The molecule has 3 N–H and O–H groups in total. The number of hydrogen-bond donors (Lipinski definition) is 2. The predicted octanol–water partition coefficient (Wildman–Crippen LogP) is 2.87. The molecule has 20 heavy (non-hydrogen) atoms. The Kier molecular flexibility index (Phi) is 6.57. The number of nitrogens with two attached hydrogens (primary N) is 1.